The van der Waals surface area contributed by atoms with E-state index in [0.29, 0.717) is 0 Å². The molecular formula is C31H41NO6PbS. The Bertz CT molecular complexity index is 996. The van der Waals surface area contributed by atoms with Gasteiger partial charge in [-0.25, -0.2) is 0 Å². The molecule has 2 unspecified atom stereocenters. The van der Waals surface area contributed by atoms with Crippen LogP contribution in [0.4, 0.5) is 5.69 Å². The predicted octanol–water partition coefficient (Wildman–Crippen LogP) is 3.23. The Hall–Kier alpha value is -1.89. The minimum absolute atomic E-state index is 0. The Morgan fingerprint density at radius 3 is 1.43 bits per heavy atom. The smallest absolute Gasteiger partial charge is 0.547 e. The summed E-state index contributed by atoms with van der Waals surface area (Å²) in [5.41, 5.74) is -1.19. The molecule has 2 saturated carbocycles. The SMILES string of the molecule is CC(O)(C(=O)[O-])C1CCCCC1.CC(O)(C(=O)[O-])C1CCCCC1.S=C(Nc1ccccc1)c1ccccc1.[Pb+2]. The van der Waals surface area contributed by atoms with E-state index in [1.165, 1.54) is 13.8 Å². The molecule has 2 atom stereocenters. The second-order valence-corrected chi connectivity index (χ2v) is 11.1. The zero-order valence-corrected chi connectivity index (χ0v) is 28.1. The van der Waals surface area contributed by atoms with Gasteiger partial charge in [0, 0.05) is 11.3 Å². The molecule has 40 heavy (non-hydrogen) atoms. The summed E-state index contributed by atoms with van der Waals surface area (Å²) in [6.45, 7) is 2.69. The summed E-state index contributed by atoms with van der Waals surface area (Å²) in [6, 6.07) is 19.9. The first-order valence-corrected chi connectivity index (χ1v) is 14.2. The number of aliphatic hydroxyl groups is 2. The Kier molecular flexibility index (Phi) is 16.1. The molecule has 216 valence electrons. The topological polar surface area (TPSA) is 133 Å². The van der Waals surface area contributed by atoms with Crippen molar-refractivity contribution in [2.24, 2.45) is 11.8 Å². The van der Waals surface area contributed by atoms with Crippen LogP contribution in [0.25, 0.3) is 0 Å². The summed E-state index contributed by atoms with van der Waals surface area (Å²) in [5.74, 6) is -2.91. The van der Waals surface area contributed by atoms with E-state index in [1.54, 1.807) is 0 Å². The molecule has 0 bridgehead atoms. The van der Waals surface area contributed by atoms with Gasteiger partial charge in [-0.2, -0.15) is 0 Å². The van der Waals surface area contributed by atoms with Gasteiger partial charge in [-0.05, 0) is 63.5 Å². The maximum atomic E-state index is 10.6. The predicted molar refractivity (Wildman–Crippen MR) is 158 cm³/mol. The average molecular weight is 763 g/mol. The van der Waals surface area contributed by atoms with Crippen LogP contribution < -0.4 is 15.5 Å². The first-order chi connectivity index (χ1) is 18.5. The van der Waals surface area contributed by atoms with Crippen LogP contribution in [0.5, 0.6) is 0 Å². The third-order valence-corrected chi connectivity index (χ3v) is 8.03. The molecule has 0 aromatic heterocycles. The van der Waals surface area contributed by atoms with E-state index >= 15 is 0 Å². The van der Waals surface area contributed by atoms with Gasteiger partial charge < -0.3 is 35.3 Å². The van der Waals surface area contributed by atoms with E-state index in [4.69, 9.17) is 12.2 Å². The molecule has 9 heteroatoms. The summed E-state index contributed by atoms with van der Waals surface area (Å²) in [7, 11) is 0. The maximum Gasteiger partial charge on any atom is 2.00 e. The van der Waals surface area contributed by atoms with Crippen molar-refractivity contribution in [2.45, 2.75) is 89.3 Å². The van der Waals surface area contributed by atoms with Crippen LogP contribution in [0.15, 0.2) is 60.7 Å². The molecule has 0 heterocycles. The number of benzene rings is 2. The number of carboxylic acid groups (broad SMARTS) is 2. The van der Waals surface area contributed by atoms with Gasteiger partial charge in [-0.3, -0.25) is 0 Å². The molecule has 2 aliphatic rings. The van der Waals surface area contributed by atoms with E-state index in [-0.39, 0.29) is 39.1 Å². The molecule has 3 N–H and O–H groups in total. The number of rotatable bonds is 6. The van der Waals surface area contributed by atoms with Crippen LogP contribution in [0.2, 0.25) is 0 Å². The van der Waals surface area contributed by atoms with E-state index in [0.717, 1.165) is 80.4 Å². The Balaban J connectivity index is 0.000000299. The normalized spacial score (nSPS) is 18.5. The standard InChI is InChI=1S/C13H11NS.2C9H16O3.Pb/c15-13(11-7-3-1-4-8-11)14-12-9-5-2-6-10-12;2*1-9(12,8(10)11)7-5-3-2-4-6-7;/h1-10H,(H,14,15);2*7,12H,2-6H2,1H3,(H,10,11);/q;;;+2/p-2. The minimum atomic E-state index is -1.62. The molecule has 4 rings (SSSR count). The largest absolute Gasteiger partial charge is 2.00 e. The van der Waals surface area contributed by atoms with Crippen molar-refractivity contribution in [1.82, 2.24) is 0 Å². The minimum Gasteiger partial charge on any atom is -0.547 e. The number of hydrogen-bond acceptors (Lipinski definition) is 7. The Morgan fingerprint density at radius 2 is 1.07 bits per heavy atom. The fraction of sp³-hybridized carbons (Fsp3) is 0.516. The maximum absolute atomic E-state index is 10.6. The summed E-state index contributed by atoms with van der Waals surface area (Å²) in [5, 5.41) is 43.4. The number of nitrogens with one attached hydrogen (secondary N) is 1. The van der Waals surface area contributed by atoms with Crippen LogP contribution in [0.3, 0.4) is 0 Å². The number of aliphatic carboxylic acids is 2. The monoisotopic (exact) mass is 763 g/mol. The first kappa shape index (κ1) is 36.1. The van der Waals surface area contributed by atoms with Crippen LogP contribution in [0.1, 0.15) is 83.6 Å². The quantitative estimate of drug-likeness (QED) is 0.302. The molecule has 0 spiro atoms. The van der Waals surface area contributed by atoms with E-state index in [2.05, 4.69) is 5.32 Å². The van der Waals surface area contributed by atoms with Crippen molar-refractivity contribution < 1.29 is 30.0 Å². The van der Waals surface area contributed by atoms with Gasteiger partial charge in [0.2, 0.25) is 0 Å². The number of thiocarbonyl (C=S) groups is 1. The molecule has 2 aromatic carbocycles. The summed E-state index contributed by atoms with van der Waals surface area (Å²) in [4.78, 5) is 21.9. The summed E-state index contributed by atoms with van der Waals surface area (Å²) < 4.78 is 0. The number of anilines is 1. The fourth-order valence-corrected chi connectivity index (χ4v) is 5.23. The molecule has 0 saturated heterocycles. The van der Waals surface area contributed by atoms with Crippen molar-refractivity contribution >= 4 is 62.1 Å². The molecule has 2 fully saturated rings. The van der Waals surface area contributed by atoms with Gasteiger partial charge in [-0.1, -0.05) is 99.3 Å². The molecule has 0 aliphatic heterocycles. The van der Waals surface area contributed by atoms with Gasteiger partial charge in [0.1, 0.15) is 16.2 Å². The third kappa shape index (κ3) is 11.5. The van der Waals surface area contributed by atoms with Crippen molar-refractivity contribution in [2.75, 3.05) is 5.32 Å². The molecule has 7 nitrogen and oxygen atoms in total. The van der Waals surface area contributed by atoms with Crippen molar-refractivity contribution in [3.05, 3.63) is 66.2 Å². The van der Waals surface area contributed by atoms with Crippen LogP contribution in [0, 0.1) is 11.8 Å². The number of hydrogen-bond donors (Lipinski definition) is 3. The Labute approximate surface area is 263 Å². The van der Waals surface area contributed by atoms with Crippen LogP contribution in [-0.2, 0) is 9.59 Å². The van der Waals surface area contributed by atoms with Crippen LogP contribution in [-0.4, -0.2) is 65.6 Å². The Morgan fingerprint density at radius 1 is 0.725 bits per heavy atom. The average Bonchev–Trinajstić information content (AvgIpc) is 2.95. The van der Waals surface area contributed by atoms with E-state index < -0.39 is 23.1 Å². The van der Waals surface area contributed by atoms with Crippen molar-refractivity contribution in [3.63, 3.8) is 0 Å². The van der Waals surface area contributed by atoms with Gasteiger partial charge in [0.05, 0.1) is 11.9 Å². The number of carbonyl (C=O) groups is 2. The first-order valence-electron chi connectivity index (χ1n) is 13.7. The summed E-state index contributed by atoms with van der Waals surface area (Å²) >= 11 is 5.29. The molecule has 2 aliphatic carbocycles. The molecule has 0 amide bonds. The molecule has 2 radical (unpaired) electrons. The second kappa shape index (κ2) is 17.8. The van der Waals surface area contributed by atoms with Crippen LogP contribution >= 0.6 is 12.2 Å². The summed E-state index contributed by atoms with van der Waals surface area (Å²) in [6.07, 6.45) is 9.62. The number of carboxylic acids is 2. The zero-order valence-electron chi connectivity index (χ0n) is 23.4. The van der Waals surface area contributed by atoms with Crippen molar-refractivity contribution in [3.8, 4) is 0 Å². The van der Waals surface area contributed by atoms with E-state index in [9.17, 15) is 30.0 Å². The van der Waals surface area contributed by atoms with Gasteiger partial charge in [0.15, 0.2) is 0 Å². The third-order valence-electron chi connectivity index (χ3n) is 7.69. The second-order valence-electron chi connectivity index (χ2n) is 10.7. The molecular weight excluding hydrogens is 722 g/mol. The number of para-hydroxylation sites is 1. The zero-order chi connectivity index (χ0) is 28.9. The number of carbonyl (C=O) groups excluding carboxylic acids is 2. The molecule has 2 aromatic rings. The van der Waals surface area contributed by atoms with Gasteiger partial charge in [-0.15, -0.1) is 0 Å². The van der Waals surface area contributed by atoms with Gasteiger partial charge >= 0.3 is 27.3 Å². The van der Waals surface area contributed by atoms with E-state index in [1.807, 2.05) is 60.7 Å². The van der Waals surface area contributed by atoms with Crippen molar-refractivity contribution in [1.29, 1.82) is 0 Å². The fourth-order valence-electron chi connectivity index (χ4n) is 4.98. The van der Waals surface area contributed by atoms with Gasteiger partial charge in [0.25, 0.3) is 0 Å².